The summed E-state index contributed by atoms with van der Waals surface area (Å²) in [7, 11) is -2.94. The fraction of sp³-hybridized carbons (Fsp3) is 0.263. The molecule has 2 aromatic rings. The second-order valence-electron chi connectivity index (χ2n) is 6.04. The largest absolute Gasteiger partial charge is 0.466 e. The van der Waals surface area contributed by atoms with Gasteiger partial charge in [0.25, 0.3) is 0 Å². The number of oxazole rings is 1. The Morgan fingerprint density at radius 3 is 2.50 bits per heavy atom. The molecule has 136 valence electrons. The van der Waals surface area contributed by atoms with E-state index in [0.717, 1.165) is 27.8 Å². The Hall–Kier alpha value is -2.67. The summed E-state index contributed by atoms with van der Waals surface area (Å²) in [5, 5.41) is 0. The van der Waals surface area contributed by atoms with Crippen molar-refractivity contribution in [1.82, 2.24) is 4.98 Å². The molecule has 6 nitrogen and oxygen atoms in total. The average molecular weight is 373 g/mol. The SMILES string of the molecule is CCOC(=O)C(C)c1ccc2ocnc2c1.CS(=O)(=O)c1cc2ccc1-2. The zero-order chi connectivity index (χ0) is 18.9. The summed E-state index contributed by atoms with van der Waals surface area (Å²) in [6.45, 7) is 4.01. The zero-order valence-corrected chi connectivity index (χ0v) is 15.5. The topological polar surface area (TPSA) is 86.5 Å². The van der Waals surface area contributed by atoms with Gasteiger partial charge in [0, 0.05) is 11.8 Å². The van der Waals surface area contributed by atoms with Crippen LogP contribution in [0.3, 0.4) is 0 Å². The van der Waals surface area contributed by atoms with Crippen LogP contribution in [0.25, 0.3) is 22.2 Å². The molecule has 0 saturated heterocycles. The van der Waals surface area contributed by atoms with Crippen molar-refractivity contribution in [2.75, 3.05) is 12.9 Å². The van der Waals surface area contributed by atoms with Crippen molar-refractivity contribution < 1.29 is 22.4 Å². The molecule has 1 aromatic heterocycles. The molecule has 2 aliphatic rings. The maximum Gasteiger partial charge on any atom is 0.313 e. The number of rotatable bonds is 4. The molecule has 0 aliphatic heterocycles. The van der Waals surface area contributed by atoms with Gasteiger partial charge in [-0.1, -0.05) is 18.2 Å². The molecule has 1 atom stereocenters. The van der Waals surface area contributed by atoms with Crippen molar-refractivity contribution in [3.8, 4) is 11.1 Å². The minimum atomic E-state index is -2.94. The lowest BCUT2D eigenvalue weighted by molar-refractivity contribution is -0.144. The van der Waals surface area contributed by atoms with Gasteiger partial charge in [0.1, 0.15) is 5.52 Å². The lowest BCUT2D eigenvalue weighted by atomic mass is 9.94. The van der Waals surface area contributed by atoms with Gasteiger partial charge in [-0.2, -0.15) is 0 Å². The number of benzene rings is 2. The summed E-state index contributed by atoms with van der Waals surface area (Å²) < 4.78 is 31.8. The maximum atomic E-state index is 11.6. The van der Waals surface area contributed by atoms with Crippen molar-refractivity contribution in [1.29, 1.82) is 0 Å². The van der Waals surface area contributed by atoms with Gasteiger partial charge in [-0.3, -0.25) is 4.79 Å². The highest BCUT2D eigenvalue weighted by molar-refractivity contribution is 7.91. The first kappa shape index (κ1) is 18.1. The summed E-state index contributed by atoms with van der Waals surface area (Å²) in [4.78, 5) is 16.1. The Morgan fingerprint density at radius 1 is 1.23 bits per heavy atom. The van der Waals surface area contributed by atoms with Gasteiger partial charge < -0.3 is 9.15 Å². The number of fused-ring (bicyclic) bond motifs is 2. The number of carbonyl (C=O) groups is 1. The molecule has 4 rings (SSSR count). The Labute approximate surface area is 151 Å². The van der Waals surface area contributed by atoms with Gasteiger partial charge in [0.15, 0.2) is 21.8 Å². The molecule has 0 bridgehead atoms. The van der Waals surface area contributed by atoms with E-state index in [1.54, 1.807) is 13.0 Å². The molecule has 0 amide bonds. The van der Waals surface area contributed by atoms with E-state index in [0.29, 0.717) is 11.5 Å². The predicted molar refractivity (Wildman–Crippen MR) is 97.6 cm³/mol. The Kier molecular flexibility index (Phi) is 4.82. The van der Waals surface area contributed by atoms with Crippen LogP contribution in [0, 0.1) is 0 Å². The molecule has 2 aliphatic carbocycles. The second kappa shape index (κ2) is 6.92. The van der Waals surface area contributed by atoms with E-state index in [1.807, 2.05) is 37.3 Å². The van der Waals surface area contributed by atoms with E-state index < -0.39 is 9.84 Å². The highest BCUT2D eigenvalue weighted by Gasteiger charge is 2.23. The highest BCUT2D eigenvalue weighted by atomic mass is 32.2. The number of carbonyl (C=O) groups excluding carboxylic acids is 1. The summed E-state index contributed by atoms with van der Waals surface area (Å²) in [5.74, 6) is -0.494. The quantitative estimate of drug-likeness (QED) is 0.508. The van der Waals surface area contributed by atoms with Crippen LogP contribution in [0.5, 0.6) is 0 Å². The van der Waals surface area contributed by atoms with E-state index in [1.165, 1.54) is 12.6 Å². The van der Waals surface area contributed by atoms with Crippen molar-refractivity contribution in [2.45, 2.75) is 24.7 Å². The first-order chi connectivity index (χ1) is 12.3. The molecule has 1 unspecified atom stereocenters. The minimum absolute atomic E-state index is 0.217. The molecule has 26 heavy (non-hydrogen) atoms. The summed E-state index contributed by atoms with van der Waals surface area (Å²) in [6.07, 6.45) is 2.62. The molecule has 0 saturated carbocycles. The Morgan fingerprint density at radius 2 is 2.00 bits per heavy atom. The molecule has 0 fully saturated rings. The summed E-state index contributed by atoms with van der Waals surface area (Å²) in [5.41, 5.74) is 4.34. The van der Waals surface area contributed by atoms with Crippen LogP contribution in [0.1, 0.15) is 25.3 Å². The number of nitrogens with zero attached hydrogens (tertiary/aromatic N) is 1. The molecular formula is C19H19NO5S. The van der Waals surface area contributed by atoms with Gasteiger partial charge in [-0.25, -0.2) is 13.4 Å². The summed E-state index contributed by atoms with van der Waals surface area (Å²) in [6, 6.07) is 10.9. The van der Waals surface area contributed by atoms with E-state index >= 15 is 0 Å². The normalized spacial score (nSPS) is 12.9. The Bertz CT molecular complexity index is 1070. The third-order valence-corrected chi connectivity index (χ3v) is 5.32. The van der Waals surface area contributed by atoms with Gasteiger partial charge in [0.2, 0.25) is 0 Å². The number of aromatic nitrogens is 1. The molecule has 0 radical (unpaired) electrons. The average Bonchev–Trinajstić information content (AvgIpc) is 3.04. The second-order valence-corrected chi connectivity index (χ2v) is 8.02. The van der Waals surface area contributed by atoms with E-state index in [2.05, 4.69) is 4.98 Å². The minimum Gasteiger partial charge on any atom is -0.466 e. The van der Waals surface area contributed by atoms with Crippen molar-refractivity contribution in [3.05, 3.63) is 48.4 Å². The van der Waals surface area contributed by atoms with Crippen molar-refractivity contribution >= 4 is 26.9 Å². The molecule has 1 heterocycles. The van der Waals surface area contributed by atoms with Crippen LogP contribution in [-0.4, -0.2) is 32.2 Å². The maximum absolute atomic E-state index is 11.6. The predicted octanol–water partition coefficient (Wildman–Crippen LogP) is 3.56. The highest BCUT2D eigenvalue weighted by Crippen LogP contribution is 2.39. The Balaban J connectivity index is 0.000000167. The van der Waals surface area contributed by atoms with Crippen LogP contribution in [0.2, 0.25) is 0 Å². The van der Waals surface area contributed by atoms with Crippen molar-refractivity contribution in [3.63, 3.8) is 0 Å². The van der Waals surface area contributed by atoms with Crippen molar-refractivity contribution in [2.24, 2.45) is 0 Å². The number of ether oxygens (including phenoxy) is 1. The van der Waals surface area contributed by atoms with Crippen LogP contribution in [-0.2, 0) is 19.4 Å². The third kappa shape index (κ3) is 3.48. The first-order valence-corrected chi connectivity index (χ1v) is 10.0. The number of hydrogen-bond acceptors (Lipinski definition) is 6. The molecule has 1 aromatic carbocycles. The van der Waals surface area contributed by atoms with Gasteiger partial charge >= 0.3 is 5.97 Å². The lowest BCUT2D eigenvalue weighted by Gasteiger charge is -2.18. The fourth-order valence-electron chi connectivity index (χ4n) is 2.61. The molecular weight excluding hydrogens is 354 g/mol. The molecule has 0 spiro atoms. The molecule has 0 N–H and O–H groups in total. The standard InChI is InChI=1S/C12H13NO3.C7H6O2S/c1-3-15-12(14)8(2)9-4-5-11-10(6-9)13-7-16-11;1-10(8,9)7-4-5-2-3-6(5)7/h4-8H,3H2,1-2H3;2-4H,1H3. The first-order valence-electron chi connectivity index (χ1n) is 8.15. The van der Waals surface area contributed by atoms with Crippen LogP contribution in [0.4, 0.5) is 0 Å². The number of esters is 1. The van der Waals surface area contributed by atoms with Crippen LogP contribution < -0.4 is 0 Å². The van der Waals surface area contributed by atoms with E-state index in [9.17, 15) is 13.2 Å². The monoisotopic (exact) mass is 373 g/mol. The molecule has 7 heteroatoms. The van der Waals surface area contributed by atoms with E-state index in [4.69, 9.17) is 9.15 Å². The van der Waals surface area contributed by atoms with Gasteiger partial charge in [-0.15, -0.1) is 0 Å². The van der Waals surface area contributed by atoms with Gasteiger partial charge in [0.05, 0.1) is 17.4 Å². The van der Waals surface area contributed by atoms with Crippen LogP contribution >= 0.6 is 0 Å². The third-order valence-electron chi connectivity index (χ3n) is 4.19. The van der Waals surface area contributed by atoms with Gasteiger partial charge in [-0.05, 0) is 43.2 Å². The fourth-order valence-corrected chi connectivity index (χ4v) is 3.54. The summed E-state index contributed by atoms with van der Waals surface area (Å²) >= 11 is 0. The lowest BCUT2D eigenvalue weighted by Crippen LogP contribution is -2.12. The van der Waals surface area contributed by atoms with Crippen LogP contribution in [0.15, 0.2) is 52.1 Å². The smallest absolute Gasteiger partial charge is 0.313 e. The number of sulfone groups is 1. The number of hydrogen-bond donors (Lipinski definition) is 0. The zero-order valence-electron chi connectivity index (χ0n) is 14.7. The van der Waals surface area contributed by atoms with E-state index in [-0.39, 0.29) is 11.9 Å².